The van der Waals surface area contributed by atoms with Crippen LogP contribution in [0.2, 0.25) is 0 Å². The summed E-state index contributed by atoms with van der Waals surface area (Å²) in [6, 6.07) is 1.00. The highest BCUT2D eigenvalue weighted by atomic mass is 15.2. The van der Waals surface area contributed by atoms with E-state index in [1.165, 1.54) is 0 Å². The largest absolute Gasteiger partial charge is 0.327 e. The zero-order valence-electron chi connectivity index (χ0n) is 8.21. The Labute approximate surface area is 75.3 Å². The van der Waals surface area contributed by atoms with Crippen molar-refractivity contribution in [1.29, 1.82) is 0 Å². The number of piperazine rings is 1. The molecular weight excluding hydrogens is 150 g/mol. The average molecular weight is 171 g/mol. The van der Waals surface area contributed by atoms with Crippen molar-refractivity contribution in [2.75, 3.05) is 26.2 Å². The van der Waals surface area contributed by atoms with Crippen LogP contribution >= 0.6 is 0 Å². The second-order valence-electron chi connectivity index (χ2n) is 3.72. The van der Waals surface area contributed by atoms with E-state index in [1.54, 1.807) is 0 Å². The van der Waals surface area contributed by atoms with Crippen molar-refractivity contribution < 1.29 is 0 Å². The third-order valence-electron chi connectivity index (χ3n) is 2.63. The van der Waals surface area contributed by atoms with Gasteiger partial charge in [-0.1, -0.05) is 6.92 Å². The molecule has 2 atom stereocenters. The topological polar surface area (TPSA) is 41.3 Å². The van der Waals surface area contributed by atoms with Crippen LogP contribution in [0.25, 0.3) is 0 Å². The van der Waals surface area contributed by atoms with Gasteiger partial charge in [0.25, 0.3) is 0 Å². The molecule has 3 heteroatoms. The fraction of sp³-hybridized carbons (Fsp3) is 1.00. The number of rotatable bonds is 3. The summed E-state index contributed by atoms with van der Waals surface area (Å²) in [5, 5.41) is 3.37. The second-order valence-corrected chi connectivity index (χ2v) is 3.72. The third kappa shape index (κ3) is 2.73. The van der Waals surface area contributed by atoms with Gasteiger partial charge < -0.3 is 11.1 Å². The molecule has 1 fully saturated rings. The maximum absolute atomic E-state index is 5.90. The number of nitrogens with zero attached hydrogens (tertiary/aromatic N) is 1. The number of hydrogen-bond donors (Lipinski definition) is 2. The predicted molar refractivity (Wildman–Crippen MR) is 52.2 cm³/mol. The molecular formula is C9H21N3. The van der Waals surface area contributed by atoms with Crippen molar-refractivity contribution in [3.63, 3.8) is 0 Å². The molecule has 0 aromatic carbocycles. The molecule has 1 rings (SSSR count). The highest BCUT2D eigenvalue weighted by Crippen LogP contribution is 2.03. The van der Waals surface area contributed by atoms with E-state index in [0.29, 0.717) is 12.1 Å². The van der Waals surface area contributed by atoms with E-state index in [9.17, 15) is 0 Å². The maximum atomic E-state index is 5.90. The van der Waals surface area contributed by atoms with Gasteiger partial charge in [0, 0.05) is 38.3 Å². The summed E-state index contributed by atoms with van der Waals surface area (Å²) < 4.78 is 0. The summed E-state index contributed by atoms with van der Waals surface area (Å²) in [6.07, 6.45) is 1.08. The lowest BCUT2D eigenvalue weighted by molar-refractivity contribution is 0.163. The van der Waals surface area contributed by atoms with Crippen molar-refractivity contribution >= 4 is 0 Å². The SMILES string of the molecule is CC[C@@H](N)CN1CCNC[C@H]1C. The quantitative estimate of drug-likeness (QED) is 0.629. The van der Waals surface area contributed by atoms with E-state index in [4.69, 9.17) is 5.73 Å². The van der Waals surface area contributed by atoms with Crippen LogP contribution in [0, 0.1) is 0 Å². The van der Waals surface area contributed by atoms with E-state index >= 15 is 0 Å². The zero-order chi connectivity index (χ0) is 8.97. The van der Waals surface area contributed by atoms with Gasteiger partial charge in [0.15, 0.2) is 0 Å². The van der Waals surface area contributed by atoms with Crippen LogP contribution < -0.4 is 11.1 Å². The molecule has 72 valence electrons. The predicted octanol–water partition coefficient (Wildman–Crippen LogP) is 0.0174. The number of nitrogens with one attached hydrogen (secondary N) is 1. The minimum atomic E-state index is 0.352. The van der Waals surface area contributed by atoms with Crippen LogP contribution in [-0.4, -0.2) is 43.2 Å². The highest BCUT2D eigenvalue weighted by molar-refractivity contribution is 4.78. The van der Waals surface area contributed by atoms with Gasteiger partial charge in [-0.3, -0.25) is 4.90 Å². The summed E-state index contributed by atoms with van der Waals surface area (Å²) in [5.41, 5.74) is 5.90. The maximum Gasteiger partial charge on any atom is 0.0193 e. The van der Waals surface area contributed by atoms with Crippen LogP contribution in [0.3, 0.4) is 0 Å². The van der Waals surface area contributed by atoms with Crippen molar-refractivity contribution in [1.82, 2.24) is 10.2 Å². The minimum absolute atomic E-state index is 0.352. The smallest absolute Gasteiger partial charge is 0.0193 e. The minimum Gasteiger partial charge on any atom is -0.327 e. The third-order valence-corrected chi connectivity index (χ3v) is 2.63. The molecule has 0 aliphatic carbocycles. The van der Waals surface area contributed by atoms with Gasteiger partial charge in [-0.25, -0.2) is 0 Å². The highest BCUT2D eigenvalue weighted by Gasteiger charge is 2.18. The average Bonchev–Trinajstić information content (AvgIpc) is 2.09. The molecule has 0 saturated carbocycles. The van der Waals surface area contributed by atoms with Crippen molar-refractivity contribution in [3.8, 4) is 0 Å². The van der Waals surface area contributed by atoms with Gasteiger partial charge in [-0.05, 0) is 13.3 Å². The van der Waals surface area contributed by atoms with Gasteiger partial charge in [-0.15, -0.1) is 0 Å². The molecule has 0 aromatic heterocycles. The van der Waals surface area contributed by atoms with Crippen LogP contribution in [0.1, 0.15) is 20.3 Å². The van der Waals surface area contributed by atoms with Crippen LogP contribution in [0.5, 0.6) is 0 Å². The Morgan fingerprint density at radius 2 is 2.42 bits per heavy atom. The molecule has 0 amide bonds. The molecule has 1 saturated heterocycles. The monoisotopic (exact) mass is 171 g/mol. The molecule has 0 aromatic rings. The molecule has 0 bridgehead atoms. The molecule has 0 spiro atoms. The zero-order valence-corrected chi connectivity index (χ0v) is 8.21. The first-order valence-electron chi connectivity index (χ1n) is 4.94. The summed E-state index contributed by atoms with van der Waals surface area (Å²) in [6.45, 7) is 8.83. The Morgan fingerprint density at radius 1 is 1.67 bits per heavy atom. The Hall–Kier alpha value is -0.120. The van der Waals surface area contributed by atoms with Gasteiger partial charge in [0.1, 0.15) is 0 Å². The number of hydrogen-bond acceptors (Lipinski definition) is 3. The summed E-state index contributed by atoms with van der Waals surface area (Å²) in [5.74, 6) is 0. The molecule has 1 aliphatic heterocycles. The second kappa shape index (κ2) is 4.80. The standard InChI is InChI=1S/C9H21N3/c1-3-9(10)7-12-5-4-11-6-8(12)2/h8-9,11H,3-7,10H2,1-2H3/t8-,9-/m1/s1. The van der Waals surface area contributed by atoms with Gasteiger partial charge >= 0.3 is 0 Å². The first kappa shape index (κ1) is 9.96. The first-order valence-corrected chi connectivity index (χ1v) is 4.94. The summed E-state index contributed by atoms with van der Waals surface area (Å²) in [7, 11) is 0. The summed E-state index contributed by atoms with van der Waals surface area (Å²) >= 11 is 0. The molecule has 1 heterocycles. The first-order chi connectivity index (χ1) is 5.74. The lowest BCUT2D eigenvalue weighted by Crippen LogP contribution is -2.53. The Bertz CT molecular complexity index is 127. The normalized spacial score (nSPS) is 28.8. The van der Waals surface area contributed by atoms with E-state index in [-0.39, 0.29) is 0 Å². The fourth-order valence-corrected chi connectivity index (χ4v) is 1.58. The summed E-state index contributed by atoms with van der Waals surface area (Å²) in [4.78, 5) is 2.48. The molecule has 0 radical (unpaired) electrons. The Morgan fingerprint density at radius 3 is 3.00 bits per heavy atom. The molecule has 1 aliphatic rings. The lowest BCUT2D eigenvalue weighted by Gasteiger charge is -2.35. The van der Waals surface area contributed by atoms with Crippen molar-refractivity contribution in [3.05, 3.63) is 0 Å². The van der Waals surface area contributed by atoms with E-state index in [1.807, 2.05) is 0 Å². The van der Waals surface area contributed by atoms with Crippen molar-refractivity contribution in [2.24, 2.45) is 5.73 Å². The van der Waals surface area contributed by atoms with E-state index < -0.39 is 0 Å². The van der Waals surface area contributed by atoms with Crippen molar-refractivity contribution in [2.45, 2.75) is 32.4 Å². The molecule has 3 nitrogen and oxygen atoms in total. The fourth-order valence-electron chi connectivity index (χ4n) is 1.58. The molecule has 12 heavy (non-hydrogen) atoms. The van der Waals surface area contributed by atoms with Gasteiger partial charge in [-0.2, -0.15) is 0 Å². The van der Waals surface area contributed by atoms with Gasteiger partial charge in [0.2, 0.25) is 0 Å². The Balaban J connectivity index is 2.28. The number of nitrogens with two attached hydrogens (primary N) is 1. The molecule has 3 N–H and O–H groups in total. The van der Waals surface area contributed by atoms with Crippen LogP contribution in [-0.2, 0) is 0 Å². The van der Waals surface area contributed by atoms with E-state index in [2.05, 4.69) is 24.1 Å². The lowest BCUT2D eigenvalue weighted by atomic mass is 10.1. The molecule has 0 unspecified atom stereocenters. The van der Waals surface area contributed by atoms with Crippen LogP contribution in [0.4, 0.5) is 0 Å². The van der Waals surface area contributed by atoms with Crippen LogP contribution in [0.15, 0.2) is 0 Å². The Kier molecular flexibility index (Phi) is 3.98. The van der Waals surface area contributed by atoms with Gasteiger partial charge in [0.05, 0.1) is 0 Å². The van der Waals surface area contributed by atoms with E-state index in [0.717, 1.165) is 32.6 Å².